The summed E-state index contributed by atoms with van der Waals surface area (Å²) < 4.78 is 13.9. The fourth-order valence-electron chi connectivity index (χ4n) is 2.58. The van der Waals surface area contributed by atoms with Crippen LogP contribution < -0.4 is 10.6 Å². The van der Waals surface area contributed by atoms with Gasteiger partial charge in [0.05, 0.1) is 5.56 Å². The van der Waals surface area contributed by atoms with Crippen molar-refractivity contribution in [2.24, 2.45) is 0 Å². The van der Waals surface area contributed by atoms with E-state index in [1.165, 1.54) is 18.2 Å². The molecule has 0 fully saturated rings. The zero-order valence-corrected chi connectivity index (χ0v) is 14.9. The summed E-state index contributed by atoms with van der Waals surface area (Å²) in [5.41, 5.74) is 0.935. The van der Waals surface area contributed by atoms with Crippen LogP contribution in [0.15, 0.2) is 78.9 Å². The number of hydrogen-bond acceptors (Lipinski definition) is 2. The zero-order valence-electron chi connectivity index (χ0n) is 14.2. The molecule has 0 heterocycles. The van der Waals surface area contributed by atoms with E-state index < -0.39 is 23.7 Å². The zero-order chi connectivity index (χ0) is 19.2. The van der Waals surface area contributed by atoms with Crippen LogP contribution in [0.2, 0.25) is 5.02 Å². The molecule has 27 heavy (non-hydrogen) atoms. The Balaban J connectivity index is 1.86. The minimum atomic E-state index is -1.00. The van der Waals surface area contributed by atoms with Crippen LogP contribution in [0.1, 0.15) is 22.0 Å². The predicted octanol–water partition coefficient (Wildman–Crippen LogP) is 4.59. The fraction of sp³-hybridized carbons (Fsp3) is 0.0476. The largest absolute Gasteiger partial charge is 0.336 e. The number of rotatable bonds is 5. The second-order valence-corrected chi connectivity index (χ2v) is 6.23. The summed E-state index contributed by atoms with van der Waals surface area (Å²) in [6.07, 6.45) is 0. The Labute approximate surface area is 161 Å². The highest BCUT2D eigenvalue weighted by Crippen LogP contribution is 2.20. The molecule has 6 heteroatoms. The smallest absolute Gasteiger partial charge is 0.255 e. The highest BCUT2D eigenvalue weighted by Gasteiger charge is 2.24. The Morgan fingerprint density at radius 1 is 0.889 bits per heavy atom. The van der Waals surface area contributed by atoms with Gasteiger partial charge in [0.25, 0.3) is 11.8 Å². The Hall–Kier alpha value is -3.18. The van der Waals surface area contributed by atoms with E-state index in [0.717, 1.165) is 0 Å². The number of hydrogen-bond donors (Lipinski definition) is 2. The summed E-state index contributed by atoms with van der Waals surface area (Å²) in [6.45, 7) is 0. The molecule has 3 aromatic carbocycles. The lowest BCUT2D eigenvalue weighted by atomic mass is 10.0. The average molecular weight is 383 g/mol. The van der Waals surface area contributed by atoms with Crippen LogP contribution in [0.5, 0.6) is 0 Å². The van der Waals surface area contributed by atoms with Crippen LogP contribution in [0.25, 0.3) is 0 Å². The van der Waals surface area contributed by atoms with Gasteiger partial charge < -0.3 is 10.6 Å². The molecule has 0 aromatic heterocycles. The lowest BCUT2D eigenvalue weighted by molar-refractivity contribution is -0.118. The molecule has 0 radical (unpaired) electrons. The van der Waals surface area contributed by atoms with Gasteiger partial charge in [0.1, 0.15) is 11.9 Å². The van der Waals surface area contributed by atoms with E-state index in [4.69, 9.17) is 11.6 Å². The number of amides is 2. The number of carbonyl (C=O) groups is 2. The fourth-order valence-corrected chi connectivity index (χ4v) is 2.77. The standard InChI is InChI=1S/C21H16ClFN2O2/c22-15-9-6-10-16(13-15)24-21(27)19(14-7-2-1-3-8-14)25-20(26)17-11-4-5-12-18(17)23/h1-13,19H,(H,24,27)(H,25,26). The van der Waals surface area contributed by atoms with Gasteiger partial charge in [-0.05, 0) is 35.9 Å². The minimum Gasteiger partial charge on any atom is -0.336 e. The highest BCUT2D eigenvalue weighted by molar-refractivity contribution is 6.30. The van der Waals surface area contributed by atoms with Crippen LogP contribution in [0.4, 0.5) is 10.1 Å². The van der Waals surface area contributed by atoms with Crippen molar-refractivity contribution >= 4 is 29.1 Å². The minimum absolute atomic E-state index is 0.131. The highest BCUT2D eigenvalue weighted by atomic mass is 35.5. The summed E-state index contributed by atoms with van der Waals surface area (Å²) in [6, 6.07) is 20.0. The summed E-state index contributed by atoms with van der Waals surface area (Å²) in [7, 11) is 0. The maximum Gasteiger partial charge on any atom is 0.255 e. The molecular weight excluding hydrogens is 367 g/mol. The molecule has 1 atom stereocenters. The van der Waals surface area contributed by atoms with Gasteiger partial charge in [-0.25, -0.2) is 4.39 Å². The first kappa shape index (κ1) is 18.6. The molecule has 2 N–H and O–H groups in total. The molecule has 0 aliphatic rings. The number of nitrogens with one attached hydrogen (secondary N) is 2. The van der Waals surface area contributed by atoms with Gasteiger partial charge in [-0.15, -0.1) is 0 Å². The molecule has 3 rings (SSSR count). The van der Waals surface area contributed by atoms with E-state index in [1.54, 1.807) is 60.7 Å². The Morgan fingerprint density at radius 2 is 1.59 bits per heavy atom. The molecule has 3 aromatic rings. The van der Waals surface area contributed by atoms with Gasteiger partial charge in [0.15, 0.2) is 0 Å². The lowest BCUT2D eigenvalue weighted by Crippen LogP contribution is -2.37. The van der Waals surface area contributed by atoms with Crippen LogP contribution in [-0.2, 0) is 4.79 Å². The van der Waals surface area contributed by atoms with Crippen LogP contribution in [0, 0.1) is 5.82 Å². The van der Waals surface area contributed by atoms with E-state index in [0.29, 0.717) is 16.3 Å². The molecule has 0 saturated heterocycles. The number of carbonyl (C=O) groups excluding carboxylic acids is 2. The summed E-state index contributed by atoms with van der Waals surface area (Å²) in [5.74, 6) is -1.80. The van der Waals surface area contributed by atoms with Gasteiger partial charge in [0.2, 0.25) is 0 Å². The topological polar surface area (TPSA) is 58.2 Å². The third-order valence-electron chi connectivity index (χ3n) is 3.88. The Kier molecular flexibility index (Phi) is 5.84. The molecular formula is C21H16ClFN2O2. The van der Waals surface area contributed by atoms with Crippen molar-refractivity contribution < 1.29 is 14.0 Å². The molecule has 0 aliphatic heterocycles. The van der Waals surface area contributed by atoms with Crippen molar-refractivity contribution in [3.63, 3.8) is 0 Å². The molecule has 0 spiro atoms. The summed E-state index contributed by atoms with van der Waals surface area (Å²) in [4.78, 5) is 25.3. The SMILES string of the molecule is O=C(NC(C(=O)Nc1cccc(Cl)c1)c1ccccc1)c1ccccc1F. The summed E-state index contributed by atoms with van der Waals surface area (Å²) >= 11 is 5.94. The van der Waals surface area contributed by atoms with Crippen molar-refractivity contribution in [1.29, 1.82) is 0 Å². The van der Waals surface area contributed by atoms with Gasteiger partial charge in [-0.2, -0.15) is 0 Å². The lowest BCUT2D eigenvalue weighted by Gasteiger charge is -2.19. The summed E-state index contributed by atoms with van der Waals surface area (Å²) in [5, 5.41) is 5.79. The molecule has 2 amide bonds. The molecule has 1 unspecified atom stereocenters. The van der Waals surface area contributed by atoms with Gasteiger partial charge in [-0.3, -0.25) is 9.59 Å². The van der Waals surface area contributed by atoms with Crippen molar-refractivity contribution in [2.45, 2.75) is 6.04 Å². The van der Waals surface area contributed by atoms with E-state index in [9.17, 15) is 14.0 Å². The first-order chi connectivity index (χ1) is 13.0. The predicted molar refractivity (Wildman–Crippen MR) is 103 cm³/mol. The Morgan fingerprint density at radius 3 is 2.30 bits per heavy atom. The van der Waals surface area contributed by atoms with E-state index in [1.807, 2.05) is 0 Å². The van der Waals surface area contributed by atoms with Crippen molar-refractivity contribution in [2.75, 3.05) is 5.32 Å². The molecule has 4 nitrogen and oxygen atoms in total. The van der Waals surface area contributed by atoms with Crippen molar-refractivity contribution in [3.05, 3.63) is 101 Å². The second-order valence-electron chi connectivity index (χ2n) is 5.80. The average Bonchev–Trinajstić information content (AvgIpc) is 2.67. The normalized spacial score (nSPS) is 11.5. The van der Waals surface area contributed by atoms with Crippen molar-refractivity contribution in [1.82, 2.24) is 5.32 Å². The second kappa shape index (κ2) is 8.47. The van der Waals surface area contributed by atoms with Crippen LogP contribution in [0.3, 0.4) is 0 Å². The number of benzene rings is 3. The van der Waals surface area contributed by atoms with Crippen molar-refractivity contribution in [3.8, 4) is 0 Å². The maximum atomic E-state index is 13.9. The molecule has 0 aliphatic carbocycles. The Bertz CT molecular complexity index is 963. The molecule has 136 valence electrons. The number of halogens is 2. The number of anilines is 1. The van der Waals surface area contributed by atoms with Crippen LogP contribution in [-0.4, -0.2) is 11.8 Å². The van der Waals surface area contributed by atoms with Gasteiger partial charge >= 0.3 is 0 Å². The van der Waals surface area contributed by atoms with Gasteiger partial charge in [-0.1, -0.05) is 60.1 Å². The quantitative estimate of drug-likeness (QED) is 0.678. The van der Waals surface area contributed by atoms with Crippen LogP contribution >= 0.6 is 11.6 Å². The monoisotopic (exact) mass is 382 g/mol. The molecule has 0 saturated carbocycles. The molecule has 0 bridgehead atoms. The van der Waals surface area contributed by atoms with E-state index in [-0.39, 0.29) is 5.56 Å². The van der Waals surface area contributed by atoms with E-state index in [2.05, 4.69) is 10.6 Å². The third kappa shape index (κ3) is 4.71. The maximum absolute atomic E-state index is 13.9. The van der Waals surface area contributed by atoms with E-state index >= 15 is 0 Å². The van der Waals surface area contributed by atoms with Gasteiger partial charge in [0, 0.05) is 10.7 Å². The first-order valence-electron chi connectivity index (χ1n) is 8.21. The first-order valence-corrected chi connectivity index (χ1v) is 8.59. The third-order valence-corrected chi connectivity index (χ3v) is 4.12.